The molecule has 0 radical (unpaired) electrons. The average Bonchev–Trinajstić information content (AvgIpc) is 2.78. The second-order valence-corrected chi connectivity index (χ2v) is 7.65. The number of nitrogens with zero attached hydrogens (tertiary/aromatic N) is 2. The molecule has 2 aliphatic rings. The first kappa shape index (κ1) is 19.6. The number of nitrogens with one attached hydrogen (secondary N) is 3. The number of amides is 1. The third-order valence-corrected chi connectivity index (χ3v) is 5.47. The van der Waals surface area contributed by atoms with Gasteiger partial charge in [0.1, 0.15) is 24.9 Å². The van der Waals surface area contributed by atoms with Gasteiger partial charge in [-0.15, -0.1) is 0 Å². The smallest absolute Gasteiger partial charge is 0.258 e. The minimum atomic E-state index is -1.09. The molecule has 2 aliphatic heterocycles. The van der Waals surface area contributed by atoms with Gasteiger partial charge in [0.05, 0.1) is 11.6 Å². The molecule has 160 valence electrons. The maximum Gasteiger partial charge on any atom is 0.258 e. The number of aryl methyl sites for hydroxylation is 1. The van der Waals surface area contributed by atoms with Crippen molar-refractivity contribution in [2.45, 2.75) is 12.8 Å². The van der Waals surface area contributed by atoms with Crippen LogP contribution in [0.3, 0.4) is 0 Å². The summed E-state index contributed by atoms with van der Waals surface area (Å²) in [5.74, 6) is -0.998. The van der Waals surface area contributed by atoms with Gasteiger partial charge in [0.2, 0.25) is 11.9 Å². The number of H-pyrrole nitrogens is 1. The molecule has 32 heavy (non-hydrogen) atoms. The number of anilines is 3. The third kappa shape index (κ3) is 3.41. The van der Waals surface area contributed by atoms with Gasteiger partial charge >= 0.3 is 0 Å². The van der Waals surface area contributed by atoms with Gasteiger partial charge in [-0.2, -0.15) is 10.2 Å². The van der Waals surface area contributed by atoms with Crippen LogP contribution in [0.2, 0.25) is 0 Å². The van der Waals surface area contributed by atoms with Crippen LogP contribution in [-0.2, 0) is 4.79 Å². The van der Waals surface area contributed by atoms with Crippen LogP contribution in [-0.4, -0.2) is 29.1 Å². The normalized spacial score (nSPS) is 18.8. The molecule has 0 fully saturated rings. The topological polar surface area (TPSA) is 129 Å². The molecule has 0 bridgehead atoms. The maximum absolute atomic E-state index is 13.1. The Morgan fingerprint density at radius 1 is 1.12 bits per heavy atom. The quantitative estimate of drug-likeness (QED) is 0.584. The molecule has 0 saturated heterocycles. The third-order valence-electron chi connectivity index (χ3n) is 5.47. The zero-order chi connectivity index (χ0) is 22.2. The van der Waals surface area contributed by atoms with Gasteiger partial charge in [-0.3, -0.25) is 14.6 Å². The SMILES string of the molecule is Cc1cccc(Nc2nc3c(c(=O)[nH]2)C(c2ccc4c(c2)OCCO4)C(C#N)C(=O)N3)c1. The van der Waals surface area contributed by atoms with Crippen LogP contribution >= 0.6 is 0 Å². The van der Waals surface area contributed by atoms with Crippen LogP contribution in [0.25, 0.3) is 0 Å². The van der Waals surface area contributed by atoms with Gasteiger partial charge in [0.15, 0.2) is 11.5 Å². The summed E-state index contributed by atoms with van der Waals surface area (Å²) in [5.41, 5.74) is 2.17. The lowest BCUT2D eigenvalue weighted by Crippen LogP contribution is -2.38. The Morgan fingerprint density at radius 3 is 2.72 bits per heavy atom. The van der Waals surface area contributed by atoms with E-state index in [1.807, 2.05) is 37.3 Å². The highest BCUT2D eigenvalue weighted by molar-refractivity contribution is 5.98. The van der Waals surface area contributed by atoms with Crippen LogP contribution in [0, 0.1) is 24.2 Å². The van der Waals surface area contributed by atoms with Crippen molar-refractivity contribution in [3.05, 3.63) is 69.5 Å². The van der Waals surface area contributed by atoms with Gasteiger partial charge in [-0.25, -0.2) is 0 Å². The number of carbonyl (C=O) groups excluding carboxylic acids is 1. The summed E-state index contributed by atoms with van der Waals surface area (Å²) in [7, 11) is 0. The van der Waals surface area contributed by atoms with Crippen molar-refractivity contribution in [3.63, 3.8) is 0 Å². The Labute approximate surface area is 183 Å². The molecule has 0 aliphatic carbocycles. The number of fused-ring (bicyclic) bond motifs is 2. The van der Waals surface area contributed by atoms with Gasteiger partial charge in [0, 0.05) is 11.6 Å². The molecule has 9 heteroatoms. The highest BCUT2D eigenvalue weighted by Crippen LogP contribution is 2.41. The van der Waals surface area contributed by atoms with Gasteiger partial charge in [0.25, 0.3) is 5.56 Å². The maximum atomic E-state index is 13.1. The van der Waals surface area contributed by atoms with E-state index in [1.54, 1.807) is 18.2 Å². The second kappa shape index (κ2) is 7.74. The summed E-state index contributed by atoms with van der Waals surface area (Å²) >= 11 is 0. The van der Waals surface area contributed by atoms with E-state index in [0.717, 1.165) is 11.3 Å². The zero-order valence-electron chi connectivity index (χ0n) is 17.1. The van der Waals surface area contributed by atoms with Gasteiger partial charge in [-0.05, 0) is 42.3 Å². The van der Waals surface area contributed by atoms with E-state index >= 15 is 0 Å². The number of carbonyl (C=O) groups is 1. The fourth-order valence-electron chi connectivity index (χ4n) is 4.04. The Bertz CT molecular complexity index is 1330. The molecule has 0 spiro atoms. The molecule has 2 atom stereocenters. The second-order valence-electron chi connectivity index (χ2n) is 7.65. The van der Waals surface area contributed by atoms with Gasteiger partial charge in [-0.1, -0.05) is 18.2 Å². The fraction of sp³-hybridized carbons (Fsp3) is 0.217. The molecule has 5 rings (SSSR count). The highest BCUT2D eigenvalue weighted by Gasteiger charge is 2.40. The van der Waals surface area contributed by atoms with Crippen LogP contribution in [0.4, 0.5) is 17.5 Å². The van der Waals surface area contributed by atoms with Crippen LogP contribution < -0.4 is 25.7 Å². The van der Waals surface area contributed by atoms with Crippen molar-refractivity contribution in [1.82, 2.24) is 9.97 Å². The predicted octanol–water partition coefficient (Wildman–Crippen LogP) is 2.82. The zero-order valence-corrected chi connectivity index (χ0v) is 17.1. The lowest BCUT2D eigenvalue weighted by molar-refractivity contribution is -0.119. The lowest BCUT2D eigenvalue weighted by atomic mass is 9.79. The summed E-state index contributed by atoms with van der Waals surface area (Å²) in [4.78, 5) is 33.0. The molecule has 3 N–H and O–H groups in total. The van der Waals surface area contributed by atoms with Crippen molar-refractivity contribution in [2.75, 3.05) is 23.8 Å². The minimum absolute atomic E-state index is 0.125. The van der Waals surface area contributed by atoms with Crippen molar-refractivity contribution in [1.29, 1.82) is 5.26 Å². The Hall–Kier alpha value is -4.32. The van der Waals surface area contributed by atoms with E-state index < -0.39 is 23.3 Å². The molecular formula is C23H19N5O4. The first-order chi connectivity index (χ1) is 15.5. The number of hydrogen-bond donors (Lipinski definition) is 3. The number of aromatic amines is 1. The van der Waals surface area contributed by atoms with E-state index in [0.29, 0.717) is 30.3 Å². The molecule has 1 aromatic heterocycles. The predicted molar refractivity (Wildman–Crippen MR) is 116 cm³/mol. The average molecular weight is 429 g/mol. The Balaban J connectivity index is 1.59. The van der Waals surface area contributed by atoms with E-state index in [4.69, 9.17) is 9.47 Å². The number of benzene rings is 2. The fourth-order valence-corrected chi connectivity index (χ4v) is 4.04. The molecule has 9 nitrogen and oxygen atoms in total. The first-order valence-electron chi connectivity index (χ1n) is 10.1. The Kier molecular flexibility index (Phi) is 4.75. The molecule has 1 amide bonds. The van der Waals surface area contributed by atoms with Crippen molar-refractivity contribution in [2.24, 2.45) is 5.92 Å². The van der Waals surface area contributed by atoms with E-state index in [-0.39, 0.29) is 17.3 Å². The summed E-state index contributed by atoms with van der Waals surface area (Å²) in [6.07, 6.45) is 0. The standard InChI is InChI=1S/C23H19N5O4/c1-12-3-2-4-14(9-12)25-23-27-20-19(22(30)28-23)18(15(11-24)21(29)26-20)13-5-6-16-17(10-13)32-8-7-31-16/h2-6,9-10,15,18H,7-8H2,1H3,(H3,25,26,27,28,29,30). The molecular weight excluding hydrogens is 410 g/mol. The number of hydrogen-bond acceptors (Lipinski definition) is 7. The molecule has 0 saturated carbocycles. The number of ether oxygens (including phenoxy) is 2. The van der Waals surface area contributed by atoms with Crippen molar-refractivity contribution < 1.29 is 14.3 Å². The van der Waals surface area contributed by atoms with Crippen molar-refractivity contribution >= 4 is 23.4 Å². The number of nitriles is 1. The monoisotopic (exact) mass is 429 g/mol. The number of rotatable bonds is 3. The van der Waals surface area contributed by atoms with Crippen LogP contribution in [0.1, 0.15) is 22.6 Å². The lowest BCUT2D eigenvalue weighted by Gasteiger charge is -2.29. The molecule has 3 heterocycles. The van der Waals surface area contributed by atoms with Crippen molar-refractivity contribution in [3.8, 4) is 17.6 Å². The van der Waals surface area contributed by atoms with Gasteiger partial charge < -0.3 is 20.1 Å². The van der Waals surface area contributed by atoms with E-state index in [2.05, 4.69) is 20.6 Å². The highest BCUT2D eigenvalue weighted by atomic mass is 16.6. The summed E-state index contributed by atoms with van der Waals surface area (Å²) in [5, 5.41) is 15.4. The first-order valence-corrected chi connectivity index (χ1v) is 10.1. The Morgan fingerprint density at radius 2 is 1.94 bits per heavy atom. The van der Waals surface area contributed by atoms with Crippen LogP contribution in [0.5, 0.6) is 11.5 Å². The molecule has 3 aromatic rings. The largest absolute Gasteiger partial charge is 0.486 e. The summed E-state index contributed by atoms with van der Waals surface area (Å²) in [6.45, 7) is 2.80. The summed E-state index contributed by atoms with van der Waals surface area (Å²) < 4.78 is 11.2. The van der Waals surface area contributed by atoms with Crippen LogP contribution in [0.15, 0.2) is 47.3 Å². The van der Waals surface area contributed by atoms with E-state index in [1.165, 1.54) is 0 Å². The summed E-state index contributed by atoms with van der Waals surface area (Å²) in [6, 6.07) is 14.8. The number of aromatic nitrogens is 2. The van der Waals surface area contributed by atoms with E-state index in [9.17, 15) is 14.9 Å². The minimum Gasteiger partial charge on any atom is -0.486 e. The molecule has 2 aromatic carbocycles. The molecule has 2 unspecified atom stereocenters.